The standard InChI is InChI=1S/C24H17NO/c1-18(21-12-8-20(17-25)9-13-21)24-6-4-3-5-22(24)14-7-19-10-15-23(26-2)16-11-19/h3-6,8-13,15-16H,1H2,2H3. The average molecular weight is 335 g/mol. The summed E-state index contributed by atoms with van der Waals surface area (Å²) in [7, 11) is 1.64. The van der Waals surface area contributed by atoms with E-state index in [0.717, 1.165) is 33.6 Å². The molecule has 3 aromatic carbocycles. The maximum Gasteiger partial charge on any atom is 0.118 e. The third-order valence-electron chi connectivity index (χ3n) is 4.05. The third-order valence-corrected chi connectivity index (χ3v) is 4.05. The molecule has 0 aromatic heterocycles. The Bertz CT molecular complexity index is 1030. The van der Waals surface area contributed by atoms with Crippen LogP contribution in [0.4, 0.5) is 0 Å². The lowest BCUT2D eigenvalue weighted by Crippen LogP contribution is -1.91. The van der Waals surface area contributed by atoms with Gasteiger partial charge in [-0.05, 0) is 59.2 Å². The molecule has 0 saturated carbocycles. The highest BCUT2D eigenvalue weighted by atomic mass is 16.5. The summed E-state index contributed by atoms with van der Waals surface area (Å²) in [5, 5.41) is 8.94. The summed E-state index contributed by atoms with van der Waals surface area (Å²) in [6, 6.07) is 25.1. The Balaban J connectivity index is 1.91. The van der Waals surface area contributed by atoms with Crippen LogP contribution in [0.25, 0.3) is 5.57 Å². The summed E-state index contributed by atoms with van der Waals surface area (Å²) in [4.78, 5) is 0. The zero-order valence-corrected chi connectivity index (χ0v) is 14.5. The van der Waals surface area contributed by atoms with Crippen molar-refractivity contribution in [1.82, 2.24) is 0 Å². The number of hydrogen-bond donors (Lipinski definition) is 0. The van der Waals surface area contributed by atoms with Crippen LogP contribution >= 0.6 is 0 Å². The van der Waals surface area contributed by atoms with Gasteiger partial charge in [0.25, 0.3) is 0 Å². The van der Waals surface area contributed by atoms with E-state index in [9.17, 15) is 0 Å². The van der Waals surface area contributed by atoms with Crippen LogP contribution in [0, 0.1) is 23.2 Å². The van der Waals surface area contributed by atoms with E-state index >= 15 is 0 Å². The number of ether oxygens (including phenoxy) is 1. The van der Waals surface area contributed by atoms with Crippen LogP contribution in [-0.4, -0.2) is 7.11 Å². The van der Waals surface area contributed by atoms with Crippen molar-refractivity contribution in [2.45, 2.75) is 0 Å². The van der Waals surface area contributed by atoms with E-state index in [1.54, 1.807) is 19.2 Å². The van der Waals surface area contributed by atoms with Gasteiger partial charge in [-0.1, -0.05) is 48.8 Å². The van der Waals surface area contributed by atoms with Crippen molar-refractivity contribution in [3.63, 3.8) is 0 Å². The minimum atomic E-state index is 0.633. The van der Waals surface area contributed by atoms with E-state index in [1.165, 1.54) is 0 Å². The monoisotopic (exact) mass is 335 g/mol. The van der Waals surface area contributed by atoms with Gasteiger partial charge in [-0.25, -0.2) is 0 Å². The number of benzene rings is 3. The Labute approximate surface area is 154 Å². The summed E-state index contributed by atoms with van der Waals surface area (Å²) < 4.78 is 5.17. The van der Waals surface area contributed by atoms with E-state index < -0.39 is 0 Å². The fraction of sp³-hybridized carbons (Fsp3) is 0.0417. The second-order valence-electron chi connectivity index (χ2n) is 5.69. The Hall–Kier alpha value is -3.75. The summed E-state index contributed by atoms with van der Waals surface area (Å²) in [5.41, 5.74) is 5.31. The molecule has 0 atom stereocenters. The quantitative estimate of drug-likeness (QED) is 0.629. The van der Waals surface area contributed by atoms with Crippen LogP contribution in [0.15, 0.2) is 79.4 Å². The molecule has 0 saturated heterocycles. The van der Waals surface area contributed by atoms with Crippen LogP contribution < -0.4 is 4.74 Å². The fourth-order valence-electron chi connectivity index (χ4n) is 2.57. The van der Waals surface area contributed by atoms with Crippen molar-refractivity contribution >= 4 is 5.57 Å². The van der Waals surface area contributed by atoms with E-state index in [1.807, 2.05) is 60.7 Å². The molecule has 0 aliphatic heterocycles. The second kappa shape index (κ2) is 7.88. The summed E-state index contributed by atoms with van der Waals surface area (Å²) in [6.07, 6.45) is 0. The van der Waals surface area contributed by atoms with Gasteiger partial charge in [-0.2, -0.15) is 5.26 Å². The fourth-order valence-corrected chi connectivity index (χ4v) is 2.57. The molecule has 2 heteroatoms. The number of nitriles is 1. The van der Waals surface area contributed by atoms with Gasteiger partial charge in [-0.15, -0.1) is 0 Å². The van der Waals surface area contributed by atoms with Crippen LogP contribution in [0.3, 0.4) is 0 Å². The lowest BCUT2D eigenvalue weighted by atomic mass is 9.95. The van der Waals surface area contributed by atoms with E-state index in [-0.39, 0.29) is 0 Å². The van der Waals surface area contributed by atoms with E-state index in [0.29, 0.717) is 5.56 Å². The molecular formula is C24H17NO. The second-order valence-corrected chi connectivity index (χ2v) is 5.69. The first kappa shape index (κ1) is 17.1. The molecule has 0 spiro atoms. The van der Waals surface area contributed by atoms with Crippen molar-refractivity contribution < 1.29 is 4.74 Å². The van der Waals surface area contributed by atoms with Gasteiger partial charge in [0, 0.05) is 11.1 Å². The lowest BCUT2D eigenvalue weighted by Gasteiger charge is -2.09. The Morgan fingerprint density at radius 1 is 0.846 bits per heavy atom. The van der Waals surface area contributed by atoms with Crippen LogP contribution in [0.1, 0.15) is 27.8 Å². The molecule has 0 bridgehead atoms. The summed E-state index contributed by atoms with van der Waals surface area (Å²) >= 11 is 0. The summed E-state index contributed by atoms with van der Waals surface area (Å²) in [5.74, 6) is 7.23. The number of methoxy groups -OCH3 is 1. The zero-order chi connectivity index (χ0) is 18.4. The normalized spacial score (nSPS) is 9.54. The minimum absolute atomic E-state index is 0.633. The van der Waals surface area contributed by atoms with Gasteiger partial charge < -0.3 is 4.74 Å². The minimum Gasteiger partial charge on any atom is -0.497 e. The van der Waals surface area contributed by atoms with E-state index in [4.69, 9.17) is 10.00 Å². The zero-order valence-electron chi connectivity index (χ0n) is 14.5. The largest absolute Gasteiger partial charge is 0.497 e. The third kappa shape index (κ3) is 3.83. The average Bonchev–Trinajstić information content (AvgIpc) is 2.72. The molecule has 0 heterocycles. The van der Waals surface area contributed by atoms with Crippen molar-refractivity contribution in [1.29, 1.82) is 5.26 Å². The van der Waals surface area contributed by atoms with Gasteiger partial charge in [-0.3, -0.25) is 0 Å². The molecule has 0 fully saturated rings. The van der Waals surface area contributed by atoms with Gasteiger partial charge in [0.1, 0.15) is 5.75 Å². The first-order chi connectivity index (χ1) is 12.7. The molecule has 124 valence electrons. The maximum atomic E-state index is 8.94. The van der Waals surface area contributed by atoms with Crippen molar-refractivity contribution in [2.75, 3.05) is 7.11 Å². The molecule has 0 amide bonds. The van der Waals surface area contributed by atoms with Gasteiger partial charge >= 0.3 is 0 Å². The van der Waals surface area contributed by atoms with E-state index in [2.05, 4.69) is 24.5 Å². The molecule has 0 aliphatic rings. The van der Waals surface area contributed by atoms with Crippen molar-refractivity contribution in [3.05, 3.63) is 107 Å². The molecule has 0 aliphatic carbocycles. The van der Waals surface area contributed by atoms with Gasteiger partial charge in [0.15, 0.2) is 0 Å². The highest BCUT2D eigenvalue weighted by molar-refractivity contribution is 5.81. The topological polar surface area (TPSA) is 33.0 Å². The predicted molar refractivity (Wildman–Crippen MR) is 105 cm³/mol. The first-order valence-electron chi connectivity index (χ1n) is 8.16. The first-order valence-corrected chi connectivity index (χ1v) is 8.16. The van der Waals surface area contributed by atoms with Crippen LogP contribution in [-0.2, 0) is 0 Å². The van der Waals surface area contributed by atoms with Gasteiger partial charge in [0.2, 0.25) is 0 Å². The predicted octanol–water partition coefficient (Wildman–Crippen LogP) is 5.03. The molecule has 3 rings (SSSR count). The molecule has 2 nitrogen and oxygen atoms in total. The lowest BCUT2D eigenvalue weighted by molar-refractivity contribution is 0.415. The molecule has 0 radical (unpaired) electrons. The molecular weight excluding hydrogens is 318 g/mol. The Morgan fingerprint density at radius 2 is 1.50 bits per heavy atom. The SMILES string of the molecule is C=C(c1ccc(C#N)cc1)c1ccccc1C#Cc1ccc(OC)cc1. The summed E-state index contributed by atoms with van der Waals surface area (Å²) in [6.45, 7) is 4.22. The maximum absolute atomic E-state index is 8.94. The molecule has 3 aromatic rings. The molecule has 0 unspecified atom stereocenters. The Kier molecular flexibility index (Phi) is 5.18. The van der Waals surface area contributed by atoms with Crippen molar-refractivity contribution in [2.24, 2.45) is 0 Å². The number of hydrogen-bond acceptors (Lipinski definition) is 2. The van der Waals surface area contributed by atoms with Crippen LogP contribution in [0.2, 0.25) is 0 Å². The van der Waals surface area contributed by atoms with Gasteiger partial charge in [0.05, 0.1) is 18.7 Å². The molecule has 0 N–H and O–H groups in total. The highest BCUT2D eigenvalue weighted by Gasteiger charge is 2.06. The smallest absolute Gasteiger partial charge is 0.118 e. The van der Waals surface area contributed by atoms with Crippen LogP contribution in [0.5, 0.6) is 5.75 Å². The highest BCUT2D eigenvalue weighted by Crippen LogP contribution is 2.24. The molecule has 26 heavy (non-hydrogen) atoms. The number of nitrogens with zero attached hydrogens (tertiary/aromatic N) is 1. The number of rotatable bonds is 3. The van der Waals surface area contributed by atoms with Crippen molar-refractivity contribution in [3.8, 4) is 23.7 Å². The Morgan fingerprint density at radius 3 is 2.15 bits per heavy atom.